The Kier molecular flexibility index (Phi) is 5.30. The molecule has 0 fully saturated rings. The summed E-state index contributed by atoms with van der Waals surface area (Å²) in [6.45, 7) is 10.3. The van der Waals surface area contributed by atoms with Gasteiger partial charge in [-0.15, -0.1) is 0 Å². The van der Waals surface area contributed by atoms with Crippen molar-refractivity contribution in [2.24, 2.45) is 0 Å². The number of nitrogens with zero attached hydrogens (tertiary/aromatic N) is 1. The van der Waals surface area contributed by atoms with E-state index < -0.39 is 0 Å². The van der Waals surface area contributed by atoms with Gasteiger partial charge in [0.2, 0.25) is 5.91 Å². The van der Waals surface area contributed by atoms with E-state index in [1.165, 1.54) is 0 Å². The molecule has 3 heteroatoms. The highest BCUT2D eigenvalue weighted by molar-refractivity contribution is 5.93. The third kappa shape index (κ3) is 3.49. The Morgan fingerprint density at radius 1 is 1.00 bits per heavy atom. The van der Waals surface area contributed by atoms with Gasteiger partial charge in [-0.05, 0) is 63.1 Å². The van der Waals surface area contributed by atoms with Crippen LogP contribution in [0, 0.1) is 0 Å². The number of hydrogen-bond donors (Lipinski definition) is 0. The van der Waals surface area contributed by atoms with Gasteiger partial charge in [-0.3, -0.25) is 4.79 Å². The highest BCUT2D eigenvalue weighted by Gasteiger charge is 2.26. The molecule has 0 unspecified atom stereocenters. The van der Waals surface area contributed by atoms with Crippen molar-refractivity contribution in [1.29, 1.82) is 0 Å². The third-order valence-corrected chi connectivity index (χ3v) is 4.33. The van der Waals surface area contributed by atoms with Crippen molar-refractivity contribution in [3.05, 3.63) is 42.0 Å². The van der Waals surface area contributed by atoms with Gasteiger partial charge < -0.3 is 9.64 Å². The fraction of sp³-hybridized carbons (Fsp3) is 0.450. The second kappa shape index (κ2) is 7.03. The van der Waals surface area contributed by atoms with Gasteiger partial charge in [0.15, 0.2) is 0 Å². The molecule has 124 valence electrons. The smallest absolute Gasteiger partial charge is 0.230 e. The van der Waals surface area contributed by atoms with Crippen LogP contribution in [0.4, 0.5) is 0 Å². The molecule has 0 radical (unpaired) electrons. The molecule has 23 heavy (non-hydrogen) atoms. The summed E-state index contributed by atoms with van der Waals surface area (Å²) in [5.74, 6) is 0.842. The molecule has 2 aromatic carbocycles. The summed E-state index contributed by atoms with van der Waals surface area (Å²) in [6, 6.07) is 12.5. The minimum atomic E-state index is -0.170. The summed E-state index contributed by atoms with van der Waals surface area (Å²) in [5, 5.41) is 2.21. The van der Waals surface area contributed by atoms with Crippen molar-refractivity contribution in [3.63, 3.8) is 0 Å². The summed E-state index contributed by atoms with van der Waals surface area (Å²) in [7, 11) is 1.67. The van der Waals surface area contributed by atoms with Gasteiger partial charge in [0, 0.05) is 12.1 Å². The van der Waals surface area contributed by atoms with Crippen LogP contribution in [-0.4, -0.2) is 30.0 Å². The lowest BCUT2D eigenvalue weighted by Crippen LogP contribution is -2.44. The van der Waals surface area contributed by atoms with Gasteiger partial charge in [0.05, 0.1) is 13.0 Å². The first-order valence-corrected chi connectivity index (χ1v) is 8.25. The van der Waals surface area contributed by atoms with E-state index in [-0.39, 0.29) is 23.9 Å². The van der Waals surface area contributed by atoms with E-state index in [2.05, 4.69) is 39.8 Å². The zero-order valence-electron chi connectivity index (χ0n) is 15.0. The molecule has 0 heterocycles. The van der Waals surface area contributed by atoms with Crippen molar-refractivity contribution in [3.8, 4) is 5.75 Å². The van der Waals surface area contributed by atoms with Crippen LogP contribution in [0.15, 0.2) is 36.4 Å². The van der Waals surface area contributed by atoms with Crippen molar-refractivity contribution < 1.29 is 9.53 Å². The lowest BCUT2D eigenvalue weighted by atomic mass is 9.93. The summed E-state index contributed by atoms with van der Waals surface area (Å²) >= 11 is 0. The van der Waals surface area contributed by atoms with E-state index in [0.29, 0.717) is 0 Å². The molecule has 0 aliphatic heterocycles. The number of ether oxygens (including phenoxy) is 1. The van der Waals surface area contributed by atoms with Crippen molar-refractivity contribution in [2.45, 2.75) is 52.6 Å². The Hall–Kier alpha value is -2.03. The zero-order valence-corrected chi connectivity index (χ0v) is 15.0. The number of rotatable bonds is 5. The molecule has 1 amide bonds. The Bertz CT molecular complexity index is 683. The molecule has 1 atom stereocenters. The number of carbonyl (C=O) groups excluding carboxylic acids is 1. The predicted octanol–water partition coefficient (Wildman–Crippen LogP) is 4.60. The lowest BCUT2D eigenvalue weighted by Gasteiger charge is -2.33. The van der Waals surface area contributed by atoms with E-state index in [4.69, 9.17) is 4.74 Å². The SMILES string of the molecule is COc1ccc2c([C@@H](C)C(=O)N(C(C)C)C(C)C)cccc2c1. The molecule has 0 N–H and O–H groups in total. The van der Waals surface area contributed by atoms with Crippen LogP contribution < -0.4 is 4.74 Å². The minimum absolute atomic E-state index is 0.170. The number of fused-ring (bicyclic) bond motifs is 1. The van der Waals surface area contributed by atoms with Crippen LogP contribution in [0.1, 0.15) is 46.1 Å². The Labute approximate surface area is 139 Å². The second-order valence-electron chi connectivity index (χ2n) is 6.59. The average molecular weight is 313 g/mol. The van der Waals surface area contributed by atoms with Crippen LogP contribution in [0.5, 0.6) is 5.75 Å². The zero-order chi connectivity index (χ0) is 17.1. The predicted molar refractivity (Wildman–Crippen MR) is 96.0 cm³/mol. The number of benzene rings is 2. The maximum absolute atomic E-state index is 13.0. The monoisotopic (exact) mass is 313 g/mol. The lowest BCUT2D eigenvalue weighted by molar-refractivity contribution is -0.136. The van der Waals surface area contributed by atoms with Crippen LogP contribution in [0.2, 0.25) is 0 Å². The van der Waals surface area contributed by atoms with E-state index in [1.807, 2.05) is 36.1 Å². The van der Waals surface area contributed by atoms with Crippen LogP contribution in [0.25, 0.3) is 10.8 Å². The quantitative estimate of drug-likeness (QED) is 0.807. The van der Waals surface area contributed by atoms with Crippen LogP contribution in [0.3, 0.4) is 0 Å². The van der Waals surface area contributed by atoms with E-state index >= 15 is 0 Å². The number of hydrogen-bond acceptors (Lipinski definition) is 2. The normalized spacial score (nSPS) is 12.7. The standard InChI is InChI=1S/C20H27NO2/c1-13(2)21(14(3)4)20(22)15(5)18-9-7-8-16-12-17(23-6)10-11-19(16)18/h7-15H,1-6H3/t15-/m1/s1. The van der Waals surface area contributed by atoms with E-state index in [0.717, 1.165) is 22.1 Å². The first-order chi connectivity index (χ1) is 10.9. The minimum Gasteiger partial charge on any atom is -0.497 e. The first-order valence-electron chi connectivity index (χ1n) is 8.25. The molecule has 0 saturated carbocycles. The van der Waals surface area contributed by atoms with E-state index in [9.17, 15) is 4.79 Å². The Morgan fingerprint density at radius 2 is 1.65 bits per heavy atom. The highest BCUT2D eigenvalue weighted by Crippen LogP contribution is 2.30. The third-order valence-electron chi connectivity index (χ3n) is 4.33. The van der Waals surface area contributed by atoms with Gasteiger partial charge in [-0.2, -0.15) is 0 Å². The van der Waals surface area contributed by atoms with E-state index in [1.54, 1.807) is 7.11 Å². The Balaban J connectivity index is 2.44. The maximum Gasteiger partial charge on any atom is 0.230 e. The highest BCUT2D eigenvalue weighted by atomic mass is 16.5. The fourth-order valence-corrected chi connectivity index (χ4v) is 3.25. The topological polar surface area (TPSA) is 29.5 Å². The molecular weight excluding hydrogens is 286 g/mol. The van der Waals surface area contributed by atoms with Crippen molar-refractivity contribution >= 4 is 16.7 Å². The molecule has 0 aliphatic carbocycles. The number of carbonyl (C=O) groups is 1. The van der Waals surface area contributed by atoms with Crippen LogP contribution >= 0.6 is 0 Å². The average Bonchev–Trinajstić information content (AvgIpc) is 2.52. The molecule has 2 rings (SSSR count). The van der Waals surface area contributed by atoms with Crippen molar-refractivity contribution in [1.82, 2.24) is 4.90 Å². The molecule has 0 aliphatic rings. The summed E-state index contributed by atoms with van der Waals surface area (Å²) in [6.07, 6.45) is 0. The van der Waals surface area contributed by atoms with Gasteiger partial charge in [-0.1, -0.05) is 24.3 Å². The summed E-state index contributed by atoms with van der Waals surface area (Å²) in [5.41, 5.74) is 1.07. The van der Waals surface area contributed by atoms with Gasteiger partial charge in [0.1, 0.15) is 5.75 Å². The molecule has 2 aromatic rings. The van der Waals surface area contributed by atoms with Crippen molar-refractivity contribution in [2.75, 3.05) is 7.11 Å². The molecule has 0 bridgehead atoms. The molecule has 3 nitrogen and oxygen atoms in total. The van der Waals surface area contributed by atoms with Gasteiger partial charge in [-0.25, -0.2) is 0 Å². The number of amides is 1. The van der Waals surface area contributed by atoms with Gasteiger partial charge >= 0.3 is 0 Å². The molecule has 0 aromatic heterocycles. The molecule has 0 spiro atoms. The van der Waals surface area contributed by atoms with Gasteiger partial charge in [0.25, 0.3) is 0 Å². The first kappa shape index (κ1) is 17.3. The summed E-state index contributed by atoms with van der Waals surface area (Å²) < 4.78 is 5.30. The largest absolute Gasteiger partial charge is 0.497 e. The fourth-order valence-electron chi connectivity index (χ4n) is 3.25. The maximum atomic E-state index is 13.0. The summed E-state index contributed by atoms with van der Waals surface area (Å²) in [4.78, 5) is 15.0. The number of methoxy groups -OCH3 is 1. The molecular formula is C20H27NO2. The Morgan fingerprint density at radius 3 is 2.22 bits per heavy atom. The second-order valence-corrected chi connectivity index (χ2v) is 6.59. The van der Waals surface area contributed by atoms with Crippen LogP contribution in [-0.2, 0) is 4.79 Å². The molecule has 0 saturated heterocycles.